The third-order valence-corrected chi connectivity index (χ3v) is 3.31. The maximum Gasteiger partial charge on any atom is 0.274 e. The van der Waals surface area contributed by atoms with Gasteiger partial charge in [0.2, 0.25) is 0 Å². The second-order valence-corrected chi connectivity index (χ2v) is 4.48. The minimum Gasteiger partial charge on any atom is -0.396 e. The number of nitro groups is 1. The fourth-order valence-electron chi connectivity index (χ4n) is 2.44. The molecule has 6 nitrogen and oxygen atoms in total. The Balaban J connectivity index is 2.14. The number of nitrogens with zero attached hydrogens (tertiary/aromatic N) is 3. The molecule has 1 fully saturated rings. The highest BCUT2D eigenvalue weighted by Crippen LogP contribution is 2.28. The van der Waals surface area contributed by atoms with Crippen LogP contribution in [0.15, 0.2) is 18.3 Å². The molecule has 0 radical (unpaired) electrons. The number of aromatic nitrogens is 1. The van der Waals surface area contributed by atoms with Crippen molar-refractivity contribution in [2.75, 3.05) is 18.1 Å². The number of aliphatic hydroxyl groups is 1. The molecular formula is C12H17N3O3. The van der Waals surface area contributed by atoms with Crippen LogP contribution in [0.1, 0.15) is 25.7 Å². The van der Waals surface area contributed by atoms with Crippen molar-refractivity contribution in [3.8, 4) is 0 Å². The average molecular weight is 251 g/mol. The molecule has 1 saturated heterocycles. The van der Waals surface area contributed by atoms with Gasteiger partial charge in [0.05, 0.1) is 11.0 Å². The molecule has 0 aliphatic carbocycles. The summed E-state index contributed by atoms with van der Waals surface area (Å²) in [5.74, 6) is 0.671. The topological polar surface area (TPSA) is 79.5 Å². The lowest BCUT2D eigenvalue weighted by Gasteiger charge is -2.25. The molecule has 1 unspecified atom stereocenters. The van der Waals surface area contributed by atoms with E-state index in [1.807, 2.05) is 0 Å². The van der Waals surface area contributed by atoms with Gasteiger partial charge in [-0.25, -0.2) is 4.98 Å². The molecule has 98 valence electrons. The van der Waals surface area contributed by atoms with E-state index in [2.05, 4.69) is 9.88 Å². The van der Waals surface area contributed by atoms with Crippen molar-refractivity contribution in [1.29, 1.82) is 0 Å². The van der Waals surface area contributed by atoms with E-state index < -0.39 is 4.92 Å². The quantitative estimate of drug-likeness (QED) is 0.636. The molecule has 0 bridgehead atoms. The lowest BCUT2D eigenvalue weighted by molar-refractivity contribution is -0.384. The third kappa shape index (κ3) is 2.76. The van der Waals surface area contributed by atoms with Gasteiger partial charge in [-0.15, -0.1) is 0 Å². The van der Waals surface area contributed by atoms with Gasteiger partial charge in [-0.1, -0.05) is 0 Å². The maximum atomic E-state index is 10.7. The fraction of sp³-hybridized carbons (Fsp3) is 0.583. The average Bonchev–Trinajstić information content (AvgIpc) is 2.84. The Morgan fingerprint density at radius 3 is 3.17 bits per heavy atom. The van der Waals surface area contributed by atoms with Gasteiger partial charge < -0.3 is 10.0 Å². The number of anilines is 1. The lowest BCUT2D eigenvalue weighted by atomic mass is 10.1. The van der Waals surface area contributed by atoms with Crippen LogP contribution < -0.4 is 4.90 Å². The smallest absolute Gasteiger partial charge is 0.274 e. The van der Waals surface area contributed by atoms with E-state index in [9.17, 15) is 10.1 Å². The van der Waals surface area contributed by atoms with Gasteiger partial charge in [0.15, 0.2) is 0 Å². The largest absolute Gasteiger partial charge is 0.396 e. The molecule has 1 aromatic rings. The fourth-order valence-corrected chi connectivity index (χ4v) is 2.44. The summed E-state index contributed by atoms with van der Waals surface area (Å²) in [5.41, 5.74) is 0.0767. The second kappa shape index (κ2) is 5.77. The van der Waals surface area contributed by atoms with Crippen molar-refractivity contribution in [2.24, 2.45) is 0 Å². The van der Waals surface area contributed by atoms with Crippen molar-refractivity contribution in [3.63, 3.8) is 0 Å². The summed E-state index contributed by atoms with van der Waals surface area (Å²) < 4.78 is 0. The van der Waals surface area contributed by atoms with Crippen LogP contribution in [-0.2, 0) is 0 Å². The molecule has 0 spiro atoms. The standard InChI is InChI=1S/C12H17N3O3/c16-8-2-4-10-3-1-7-14(10)12-9-11(15(17)18)5-6-13-12/h5-6,9-10,16H,1-4,7-8H2. The molecule has 1 atom stereocenters. The lowest BCUT2D eigenvalue weighted by Crippen LogP contribution is -2.30. The zero-order valence-electron chi connectivity index (χ0n) is 10.2. The van der Waals surface area contributed by atoms with E-state index in [-0.39, 0.29) is 12.3 Å². The van der Waals surface area contributed by atoms with Crippen LogP contribution in [0, 0.1) is 10.1 Å². The van der Waals surface area contributed by atoms with E-state index in [1.165, 1.54) is 18.3 Å². The molecule has 0 saturated carbocycles. The minimum absolute atomic E-state index is 0.0767. The van der Waals surface area contributed by atoms with Crippen LogP contribution in [0.25, 0.3) is 0 Å². The number of hydrogen-bond acceptors (Lipinski definition) is 5. The van der Waals surface area contributed by atoms with E-state index >= 15 is 0 Å². The third-order valence-electron chi connectivity index (χ3n) is 3.31. The van der Waals surface area contributed by atoms with Gasteiger partial charge in [-0.05, 0) is 25.7 Å². The normalized spacial score (nSPS) is 19.2. The van der Waals surface area contributed by atoms with Gasteiger partial charge in [0, 0.05) is 31.5 Å². The highest BCUT2D eigenvalue weighted by Gasteiger charge is 2.26. The summed E-state index contributed by atoms with van der Waals surface area (Å²) >= 11 is 0. The first kappa shape index (κ1) is 12.8. The first-order valence-electron chi connectivity index (χ1n) is 6.20. The molecule has 2 rings (SSSR count). The highest BCUT2D eigenvalue weighted by molar-refractivity contribution is 5.48. The zero-order chi connectivity index (χ0) is 13.0. The molecule has 1 aliphatic heterocycles. The molecule has 18 heavy (non-hydrogen) atoms. The summed E-state index contributed by atoms with van der Waals surface area (Å²) in [6.07, 6.45) is 5.27. The van der Waals surface area contributed by atoms with E-state index in [4.69, 9.17) is 5.11 Å². The summed E-state index contributed by atoms with van der Waals surface area (Å²) in [5, 5.41) is 19.6. The van der Waals surface area contributed by atoms with Crippen LogP contribution in [0.3, 0.4) is 0 Å². The second-order valence-electron chi connectivity index (χ2n) is 4.48. The highest BCUT2D eigenvalue weighted by atomic mass is 16.6. The van der Waals surface area contributed by atoms with Crippen molar-refractivity contribution < 1.29 is 10.0 Å². The summed E-state index contributed by atoms with van der Waals surface area (Å²) in [4.78, 5) is 16.7. The van der Waals surface area contributed by atoms with E-state index in [0.29, 0.717) is 11.9 Å². The van der Waals surface area contributed by atoms with Gasteiger partial charge in [0.25, 0.3) is 5.69 Å². The van der Waals surface area contributed by atoms with Crippen molar-refractivity contribution in [3.05, 3.63) is 28.4 Å². The first-order valence-corrected chi connectivity index (χ1v) is 6.20. The molecule has 1 aromatic heterocycles. The molecule has 0 aromatic carbocycles. The van der Waals surface area contributed by atoms with Gasteiger partial charge in [0.1, 0.15) is 5.82 Å². The van der Waals surface area contributed by atoms with Gasteiger partial charge in [-0.3, -0.25) is 10.1 Å². The number of pyridine rings is 1. The zero-order valence-corrected chi connectivity index (χ0v) is 10.2. The van der Waals surface area contributed by atoms with Crippen molar-refractivity contribution >= 4 is 11.5 Å². The number of hydrogen-bond donors (Lipinski definition) is 1. The monoisotopic (exact) mass is 251 g/mol. The SMILES string of the molecule is O=[N+]([O-])c1ccnc(N2CCCC2CCCO)c1. The van der Waals surface area contributed by atoms with Crippen LogP contribution in [0.4, 0.5) is 11.5 Å². The van der Waals surface area contributed by atoms with Gasteiger partial charge >= 0.3 is 0 Å². The summed E-state index contributed by atoms with van der Waals surface area (Å²) in [6.45, 7) is 1.07. The Morgan fingerprint density at radius 2 is 2.44 bits per heavy atom. The Kier molecular flexibility index (Phi) is 4.09. The van der Waals surface area contributed by atoms with Crippen molar-refractivity contribution in [2.45, 2.75) is 31.7 Å². The molecule has 6 heteroatoms. The van der Waals surface area contributed by atoms with Crippen LogP contribution in [0.2, 0.25) is 0 Å². The summed E-state index contributed by atoms with van der Waals surface area (Å²) in [7, 11) is 0. The molecular weight excluding hydrogens is 234 g/mol. The number of rotatable bonds is 5. The molecule has 1 aliphatic rings. The molecule has 0 amide bonds. The summed E-state index contributed by atoms with van der Waals surface area (Å²) in [6, 6.07) is 3.27. The predicted molar refractivity (Wildman–Crippen MR) is 67.6 cm³/mol. The minimum atomic E-state index is -0.399. The Labute approximate surface area is 105 Å². The predicted octanol–water partition coefficient (Wildman–Crippen LogP) is 1.73. The van der Waals surface area contributed by atoms with E-state index in [0.717, 1.165) is 32.2 Å². The van der Waals surface area contributed by atoms with Crippen molar-refractivity contribution in [1.82, 2.24) is 4.98 Å². The Hall–Kier alpha value is -1.69. The first-order chi connectivity index (χ1) is 8.72. The molecule has 2 heterocycles. The van der Waals surface area contributed by atoms with Gasteiger partial charge in [-0.2, -0.15) is 0 Å². The van der Waals surface area contributed by atoms with E-state index in [1.54, 1.807) is 0 Å². The number of aliphatic hydroxyl groups excluding tert-OH is 1. The van der Waals surface area contributed by atoms with Crippen LogP contribution in [-0.4, -0.2) is 34.2 Å². The molecule has 1 N–H and O–H groups in total. The Morgan fingerprint density at radius 1 is 1.61 bits per heavy atom. The van der Waals surface area contributed by atoms with Crippen LogP contribution >= 0.6 is 0 Å². The van der Waals surface area contributed by atoms with Crippen LogP contribution in [0.5, 0.6) is 0 Å². The maximum absolute atomic E-state index is 10.7. The Bertz CT molecular complexity index is 425.